The van der Waals surface area contributed by atoms with Gasteiger partial charge in [0.05, 0.1) is 11.6 Å². The summed E-state index contributed by atoms with van der Waals surface area (Å²) in [5, 5.41) is 5.85. The molecule has 5 rings (SSSR count). The fraction of sp³-hybridized carbons (Fsp3) is 0.261. The summed E-state index contributed by atoms with van der Waals surface area (Å²) in [5.41, 5.74) is 3.59. The van der Waals surface area contributed by atoms with E-state index < -0.39 is 0 Å². The molecule has 0 saturated carbocycles. The zero-order valence-corrected chi connectivity index (χ0v) is 17.7. The summed E-state index contributed by atoms with van der Waals surface area (Å²) in [6.07, 6.45) is 2.66. The van der Waals surface area contributed by atoms with Crippen molar-refractivity contribution in [2.24, 2.45) is 0 Å². The molecular formula is C23H22N4O2S. The third kappa shape index (κ3) is 3.40. The van der Waals surface area contributed by atoms with Gasteiger partial charge < -0.3 is 14.3 Å². The lowest BCUT2D eigenvalue weighted by Crippen LogP contribution is -2.34. The molecule has 1 unspecified atom stereocenters. The maximum Gasteiger partial charge on any atom is 0.265 e. The van der Waals surface area contributed by atoms with Gasteiger partial charge in [0, 0.05) is 19.1 Å². The number of aromatic nitrogens is 2. The second-order valence-corrected chi connectivity index (χ2v) is 8.83. The Morgan fingerprint density at radius 3 is 2.77 bits per heavy atom. The van der Waals surface area contributed by atoms with Gasteiger partial charge in [-0.05, 0) is 43.8 Å². The van der Waals surface area contributed by atoms with Gasteiger partial charge in [0.2, 0.25) is 0 Å². The fourth-order valence-electron chi connectivity index (χ4n) is 3.89. The van der Waals surface area contributed by atoms with Crippen LogP contribution in [0.4, 0.5) is 0 Å². The molecule has 2 aromatic carbocycles. The van der Waals surface area contributed by atoms with Crippen molar-refractivity contribution in [3.05, 3.63) is 59.6 Å². The number of nitrogens with zero attached hydrogens (tertiary/aromatic N) is 4. The summed E-state index contributed by atoms with van der Waals surface area (Å²) in [7, 11) is 4.12. The summed E-state index contributed by atoms with van der Waals surface area (Å²) < 4.78 is 5.59. The molecule has 1 atom stereocenters. The normalized spacial score (nSPS) is 16.6. The molecule has 1 saturated heterocycles. The van der Waals surface area contributed by atoms with Crippen LogP contribution in [-0.2, 0) is 0 Å². The molecule has 30 heavy (non-hydrogen) atoms. The molecule has 0 N–H and O–H groups in total. The van der Waals surface area contributed by atoms with E-state index in [1.54, 1.807) is 6.20 Å². The van der Waals surface area contributed by atoms with Crippen LogP contribution in [0.25, 0.3) is 32.8 Å². The van der Waals surface area contributed by atoms with Crippen molar-refractivity contribution in [2.75, 3.05) is 27.2 Å². The van der Waals surface area contributed by atoms with Crippen LogP contribution in [0.5, 0.6) is 0 Å². The number of rotatable bonds is 4. The fourth-order valence-corrected chi connectivity index (χ4v) is 4.77. The molecule has 0 bridgehead atoms. The molecule has 1 aliphatic heterocycles. The highest BCUT2D eigenvalue weighted by Gasteiger charge is 2.29. The number of fused-ring (bicyclic) bond motifs is 1. The van der Waals surface area contributed by atoms with Gasteiger partial charge in [-0.3, -0.25) is 4.79 Å². The van der Waals surface area contributed by atoms with Crippen LogP contribution in [0.1, 0.15) is 16.1 Å². The van der Waals surface area contributed by atoms with Gasteiger partial charge in [-0.1, -0.05) is 41.6 Å². The van der Waals surface area contributed by atoms with E-state index >= 15 is 0 Å². The molecule has 1 fully saturated rings. The Hall–Kier alpha value is -3.03. The summed E-state index contributed by atoms with van der Waals surface area (Å²) in [5.74, 6) is 0.0438. The Bertz CT molecular complexity index is 1200. The number of hydrogen-bond acceptors (Lipinski definition) is 6. The van der Waals surface area contributed by atoms with Gasteiger partial charge in [0.25, 0.3) is 5.91 Å². The quantitative estimate of drug-likeness (QED) is 0.492. The van der Waals surface area contributed by atoms with E-state index in [1.807, 2.05) is 35.2 Å². The highest BCUT2D eigenvalue weighted by molar-refractivity contribution is 7.17. The molecular weight excluding hydrogens is 396 g/mol. The van der Waals surface area contributed by atoms with Crippen molar-refractivity contribution in [1.29, 1.82) is 0 Å². The lowest BCUT2D eigenvalue weighted by atomic mass is 10.0. The standard InChI is InChI=1S/C23H22N4O2S/c1-26(2)17-10-11-27(14-17)23(28)20-13-24-22(30-20)21-18-9-8-16(12-19(18)29-25-21)15-6-4-3-5-7-15/h3-9,12-13,17H,10-11,14H2,1-2H3. The molecule has 3 heterocycles. The van der Waals surface area contributed by atoms with E-state index in [0.29, 0.717) is 27.2 Å². The molecule has 7 heteroatoms. The number of hydrogen-bond donors (Lipinski definition) is 0. The molecule has 0 spiro atoms. The molecule has 2 aromatic heterocycles. The first-order valence-corrected chi connectivity index (χ1v) is 10.8. The maximum atomic E-state index is 12.9. The minimum atomic E-state index is 0.0438. The molecule has 0 aliphatic carbocycles. The average molecular weight is 419 g/mol. The van der Waals surface area contributed by atoms with E-state index in [-0.39, 0.29) is 5.91 Å². The first-order chi connectivity index (χ1) is 14.6. The molecule has 1 aliphatic rings. The second kappa shape index (κ2) is 7.66. The number of benzene rings is 2. The zero-order valence-electron chi connectivity index (χ0n) is 16.9. The van der Waals surface area contributed by atoms with Crippen LogP contribution in [0, 0.1) is 0 Å². The second-order valence-electron chi connectivity index (χ2n) is 7.80. The van der Waals surface area contributed by atoms with Crippen LogP contribution < -0.4 is 0 Å². The minimum absolute atomic E-state index is 0.0438. The van der Waals surface area contributed by atoms with Crippen molar-refractivity contribution in [3.8, 4) is 21.8 Å². The van der Waals surface area contributed by atoms with Crippen LogP contribution in [0.15, 0.2) is 59.3 Å². The van der Waals surface area contributed by atoms with E-state index in [0.717, 1.165) is 36.0 Å². The summed E-state index contributed by atoms with van der Waals surface area (Å²) in [6, 6.07) is 16.6. The Morgan fingerprint density at radius 1 is 1.17 bits per heavy atom. The van der Waals surface area contributed by atoms with E-state index in [1.165, 1.54) is 11.3 Å². The highest BCUT2D eigenvalue weighted by atomic mass is 32.1. The van der Waals surface area contributed by atoms with Crippen molar-refractivity contribution in [3.63, 3.8) is 0 Å². The molecule has 4 aromatic rings. The third-order valence-electron chi connectivity index (χ3n) is 5.68. The summed E-state index contributed by atoms with van der Waals surface area (Å²) in [4.78, 5) is 22.1. The van der Waals surface area contributed by atoms with Crippen molar-refractivity contribution in [2.45, 2.75) is 12.5 Å². The number of likely N-dealkylation sites (N-methyl/N-ethyl adjacent to an activating group) is 1. The minimum Gasteiger partial charge on any atom is -0.356 e. The monoisotopic (exact) mass is 418 g/mol. The van der Waals surface area contributed by atoms with Crippen LogP contribution >= 0.6 is 11.3 Å². The molecule has 152 valence electrons. The number of likely N-dealkylation sites (tertiary alicyclic amines) is 1. The topological polar surface area (TPSA) is 62.5 Å². The number of amides is 1. The Kier molecular flexibility index (Phi) is 4.84. The van der Waals surface area contributed by atoms with Crippen LogP contribution in [0.3, 0.4) is 0 Å². The van der Waals surface area contributed by atoms with E-state index in [4.69, 9.17) is 4.52 Å². The van der Waals surface area contributed by atoms with Crippen LogP contribution in [-0.4, -0.2) is 59.1 Å². The third-order valence-corrected chi connectivity index (χ3v) is 6.67. The van der Waals surface area contributed by atoms with Gasteiger partial charge in [0.15, 0.2) is 5.58 Å². The predicted octanol–water partition coefficient (Wildman–Crippen LogP) is 4.39. The Labute approximate surface area is 178 Å². The van der Waals surface area contributed by atoms with Gasteiger partial charge in [-0.25, -0.2) is 4.98 Å². The molecule has 0 radical (unpaired) electrons. The van der Waals surface area contributed by atoms with E-state index in [2.05, 4.69) is 47.3 Å². The number of carbonyl (C=O) groups is 1. The van der Waals surface area contributed by atoms with Crippen molar-refractivity contribution < 1.29 is 9.32 Å². The molecule has 6 nitrogen and oxygen atoms in total. The summed E-state index contributed by atoms with van der Waals surface area (Å²) in [6.45, 7) is 1.54. The first kappa shape index (κ1) is 19.0. The highest BCUT2D eigenvalue weighted by Crippen LogP contribution is 2.34. The zero-order chi connectivity index (χ0) is 20.7. The van der Waals surface area contributed by atoms with E-state index in [9.17, 15) is 4.79 Å². The lowest BCUT2D eigenvalue weighted by Gasteiger charge is -2.19. The van der Waals surface area contributed by atoms with Gasteiger partial charge >= 0.3 is 0 Å². The lowest BCUT2D eigenvalue weighted by molar-refractivity contribution is 0.0787. The Balaban J connectivity index is 1.40. The predicted molar refractivity (Wildman–Crippen MR) is 119 cm³/mol. The summed E-state index contributed by atoms with van der Waals surface area (Å²) >= 11 is 1.37. The maximum absolute atomic E-state index is 12.9. The van der Waals surface area contributed by atoms with Gasteiger partial charge in [-0.2, -0.15) is 0 Å². The Morgan fingerprint density at radius 2 is 2.00 bits per heavy atom. The smallest absolute Gasteiger partial charge is 0.265 e. The number of thiazole rings is 1. The van der Waals surface area contributed by atoms with Crippen LogP contribution in [0.2, 0.25) is 0 Å². The SMILES string of the molecule is CN(C)C1CCN(C(=O)c2cnc(-c3noc4cc(-c5ccccc5)ccc34)s2)C1. The van der Waals surface area contributed by atoms with Gasteiger partial charge in [0.1, 0.15) is 15.6 Å². The van der Waals surface area contributed by atoms with Crippen molar-refractivity contribution in [1.82, 2.24) is 19.9 Å². The molecule has 1 amide bonds. The largest absolute Gasteiger partial charge is 0.356 e. The number of carbonyl (C=O) groups excluding carboxylic acids is 1. The first-order valence-electron chi connectivity index (χ1n) is 9.97. The van der Waals surface area contributed by atoms with Gasteiger partial charge in [-0.15, -0.1) is 11.3 Å². The van der Waals surface area contributed by atoms with Crippen molar-refractivity contribution >= 4 is 28.2 Å². The average Bonchev–Trinajstić information content (AvgIpc) is 3.52.